The highest BCUT2D eigenvalue weighted by atomic mass is 16.7. The molecule has 5 heteroatoms. The molecule has 0 saturated carbocycles. The van der Waals surface area contributed by atoms with E-state index < -0.39 is 0 Å². The quantitative estimate of drug-likeness (QED) is 0.655. The second-order valence-corrected chi connectivity index (χ2v) is 6.11. The first kappa shape index (κ1) is 15.1. The first-order valence-corrected chi connectivity index (χ1v) is 7.04. The highest BCUT2D eigenvalue weighted by Crippen LogP contribution is 2.36. The molecule has 2 N–H and O–H groups in total. The van der Waals surface area contributed by atoms with Gasteiger partial charge in [-0.15, -0.1) is 0 Å². The summed E-state index contributed by atoms with van der Waals surface area (Å²) < 4.78 is 12.1. The molecular weight excluding hydrogens is 251 g/mol. The molecule has 1 saturated heterocycles. The summed E-state index contributed by atoms with van der Waals surface area (Å²) in [7, 11) is -0.364. The van der Waals surface area contributed by atoms with Crippen LogP contribution in [0.15, 0.2) is 18.2 Å². The summed E-state index contributed by atoms with van der Waals surface area (Å²) in [6.07, 6.45) is 1.35. The van der Waals surface area contributed by atoms with Gasteiger partial charge in [0, 0.05) is 24.0 Å². The van der Waals surface area contributed by atoms with E-state index in [4.69, 9.17) is 14.7 Å². The van der Waals surface area contributed by atoms with E-state index in [1.165, 1.54) is 6.21 Å². The molecule has 0 atom stereocenters. The molecular formula is C15H23BN2O2. The third kappa shape index (κ3) is 2.60. The summed E-state index contributed by atoms with van der Waals surface area (Å²) in [5.41, 5.74) is 2.11. The molecule has 108 valence electrons. The Morgan fingerprint density at radius 2 is 1.80 bits per heavy atom. The van der Waals surface area contributed by atoms with Crippen molar-refractivity contribution in [2.45, 2.75) is 45.8 Å². The Bertz CT molecular complexity index is 499. The van der Waals surface area contributed by atoms with E-state index in [-0.39, 0.29) is 18.3 Å². The first-order valence-electron chi connectivity index (χ1n) is 7.04. The predicted octanol–water partition coefficient (Wildman–Crippen LogP) is 2.42. The van der Waals surface area contributed by atoms with Crippen LogP contribution in [0.5, 0.6) is 0 Å². The van der Waals surface area contributed by atoms with Crippen LogP contribution in [0.2, 0.25) is 0 Å². The monoisotopic (exact) mass is 274 g/mol. The molecule has 1 heterocycles. The third-order valence-electron chi connectivity index (χ3n) is 4.13. The summed E-state index contributed by atoms with van der Waals surface area (Å²) in [4.78, 5) is 0. The second kappa shape index (κ2) is 5.22. The Morgan fingerprint density at radius 3 is 2.30 bits per heavy atom. The lowest BCUT2D eigenvalue weighted by atomic mass is 9.78. The van der Waals surface area contributed by atoms with Gasteiger partial charge in [0.25, 0.3) is 0 Å². The zero-order chi connectivity index (χ0) is 15.0. The van der Waals surface area contributed by atoms with Gasteiger partial charge in [-0.3, -0.25) is 0 Å². The number of hydrogen-bond donors (Lipinski definition) is 2. The molecule has 20 heavy (non-hydrogen) atoms. The summed E-state index contributed by atoms with van der Waals surface area (Å²) in [5, 5.41) is 10.7. The van der Waals surface area contributed by atoms with Crippen LogP contribution in [0.3, 0.4) is 0 Å². The normalized spacial score (nSPS) is 19.9. The van der Waals surface area contributed by atoms with E-state index >= 15 is 0 Å². The molecule has 1 aliphatic rings. The van der Waals surface area contributed by atoms with Crippen molar-refractivity contribution in [3.8, 4) is 0 Å². The van der Waals surface area contributed by atoms with Gasteiger partial charge in [0.15, 0.2) is 0 Å². The van der Waals surface area contributed by atoms with Crippen LogP contribution in [0.4, 0.5) is 5.69 Å². The van der Waals surface area contributed by atoms with E-state index in [1.54, 1.807) is 0 Å². The molecule has 0 radical (unpaired) electrons. The Morgan fingerprint density at radius 1 is 1.20 bits per heavy atom. The molecule has 0 bridgehead atoms. The molecule has 1 aromatic carbocycles. The van der Waals surface area contributed by atoms with Crippen molar-refractivity contribution in [1.82, 2.24) is 0 Å². The standard InChI is InChI=1S/C15H23BN2O2/c1-6-18-13-9-12(8-7-11(13)10-17)16-19-14(2,3)15(4,5)20-16/h7-10,17-18H,6H2,1-5H3. The molecule has 1 aromatic rings. The van der Waals surface area contributed by atoms with E-state index in [0.717, 1.165) is 23.3 Å². The molecule has 0 unspecified atom stereocenters. The number of hydrogen-bond acceptors (Lipinski definition) is 4. The Hall–Kier alpha value is -1.33. The maximum atomic E-state index is 7.44. The van der Waals surface area contributed by atoms with Crippen LogP contribution in [0, 0.1) is 5.41 Å². The summed E-state index contributed by atoms with van der Waals surface area (Å²) >= 11 is 0. The van der Waals surface area contributed by atoms with Gasteiger partial charge in [0.1, 0.15) is 0 Å². The van der Waals surface area contributed by atoms with Gasteiger partial charge in [0.2, 0.25) is 0 Å². The Kier molecular flexibility index (Phi) is 3.94. The zero-order valence-electron chi connectivity index (χ0n) is 12.9. The summed E-state index contributed by atoms with van der Waals surface area (Å²) in [6, 6.07) is 5.89. The number of rotatable bonds is 4. The molecule has 0 aliphatic carbocycles. The van der Waals surface area contributed by atoms with Gasteiger partial charge >= 0.3 is 7.12 Å². The molecule has 2 rings (SSSR count). The fourth-order valence-corrected chi connectivity index (χ4v) is 2.17. The van der Waals surface area contributed by atoms with Gasteiger partial charge in [-0.05, 0) is 46.1 Å². The number of anilines is 1. The average Bonchev–Trinajstić information content (AvgIpc) is 2.59. The minimum atomic E-state index is -0.364. The summed E-state index contributed by atoms with van der Waals surface area (Å²) in [5.74, 6) is 0. The van der Waals surface area contributed by atoms with Gasteiger partial charge in [-0.2, -0.15) is 0 Å². The van der Waals surface area contributed by atoms with Gasteiger partial charge < -0.3 is 20.0 Å². The van der Waals surface area contributed by atoms with Crippen LogP contribution < -0.4 is 10.8 Å². The van der Waals surface area contributed by atoms with Crippen LogP contribution in [0.1, 0.15) is 40.2 Å². The van der Waals surface area contributed by atoms with Crippen LogP contribution in [0.25, 0.3) is 0 Å². The largest absolute Gasteiger partial charge is 0.494 e. The van der Waals surface area contributed by atoms with Crippen LogP contribution in [-0.2, 0) is 9.31 Å². The topological polar surface area (TPSA) is 54.3 Å². The minimum absolute atomic E-state index is 0.337. The molecule has 4 nitrogen and oxygen atoms in total. The van der Waals surface area contributed by atoms with E-state index in [9.17, 15) is 0 Å². The van der Waals surface area contributed by atoms with Crippen molar-refractivity contribution in [2.75, 3.05) is 11.9 Å². The smallest absolute Gasteiger partial charge is 0.399 e. The van der Waals surface area contributed by atoms with Crippen molar-refractivity contribution in [1.29, 1.82) is 5.41 Å². The molecule has 0 amide bonds. The highest BCUT2D eigenvalue weighted by molar-refractivity contribution is 6.62. The molecule has 0 spiro atoms. The van der Waals surface area contributed by atoms with E-state index in [2.05, 4.69) is 5.32 Å². The minimum Gasteiger partial charge on any atom is -0.399 e. The lowest BCUT2D eigenvalue weighted by Gasteiger charge is -2.32. The van der Waals surface area contributed by atoms with Gasteiger partial charge in [-0.1, -0.05) is 12.1 Å². The zero-order valence-corrected chi connectivity index (χ0v) is 12.9. The maximum absolute atomic E-state index is 7.44. The second-order valence-electron chi connectivity index (χ2n) is 6.11. The number of nitrogens with one attached hydrogen (secondary N) is 2. The molecule has 1 aliphatic heterocycles. The summed E-state index contributed by atoms with van der Waals surface area (Å²) in [6.45, 7) is 11.0. The fraction of sp³-hybridized carbons (Fsp3) is 0.533. The Labute approximate surface area is 121 Å². The van der Waals surface area contributed by atoms with Crippen molar-refractivity contribution in [3.05, 3.63) is 23.8 Å². The van der Waals surface area contributed by atoms with E-state index in [1.807, 2.05) is 52.8 Å². The number of benzene rings is 1. The van der Waals surface area contributed by atoms with Crippen molar-refractivity contribution in [2.24, 2.45) is 0 Å². The first-order chi connectivity index (χ1) is 9.30. The molecule has 0 aromatic heterocycles. The third-order valence-corrected chi connectivity index (χ3v) is 4.13. The lowest BCUT2D eigenvalue weighted by molar-refractivity contribution is 0.00578. The van der Waals surface area contributed by atoms with E-state index in [0.29, 0.717) is 0 Å². The molecule has 1 fully saturated rings. The van der Waals surface area contributed by atoms with Crippen LogP contribution >= 0.6 is 0 Å². The maximum Gasteiger partial charge on any atom is 0.494 e. The Balaban J connectivity index is 2.31. The van der Waals surface area contributed by atoms with Gasteiger partial charge in [0.05, 0.1) is 11.2 Å². The average molecular weight is 274 g/mol. The highest BCUT2D eigenvalue weighted by Gasteiger charge is 2.51. The predicted molar refractivity (Wildman–Crippen MR) is 84.2 cm³/mol. The lowest BCUT2D eigenvalue weighted by Crippen LogP contribution is -2.41. The van der Waals surface area contributed by atoms with Crippen molar-refractivity contribution in [3.63, 3.8) is 0 Å². The van der Waals surface area contributed by atoms with Crippen LogP contribution in [-0.4, -0.2) is 31.1 Å². The fourth-order valence-electron chi connectivity index (χ4n) is 2.17. The SMILES string of the molecule is CCNc1cc(B2OC(C)(C)C(C)(C)O2)ccc1C=N. The van der Waals surface area contributed by atoms with Crippen molar-refractivity contribution < 1.29 is 9.31 Å². The van der Waals surface area contributed by atoms with Crippen molar-refractivity contribution >= 4 is 24.5 Å². The van der Waals surface area contributed by atoms with Gasteiger partial charge in [-0.25, -0.2) is 0 Å².